The third-order valence-electron chi connectivity index (χ3n) is 4.41. The molecule has 4 rings (SSSR count). The summed E-state index contributed by atoms with van der Waals surface area (Å²) in [6, 6.07) is 17.3. The Bertz CT molecular complexity index is 1200. The smallest absolute Gasteiger partial charge is 0.348 e. The Hall–Kier alpha value is -2.43. The van der Waals surface area contributed by atoms with Gasteiger partial charge in [-0.2, -0.15) is 0 Å². The first-order chi connectivity index (χ1) is 14.3. The number of rotatable bonds is 3. The number of hydrogen-bond donors (Lipinski definition) is 1. The van der Waals surface area contributed by atoms with E-state index in [4.69, 9.17) is 51.1 Å². The van der Waals surface area contributed by atoms with Crippen LogP contribution in [0.4, 0.5) is 0 Å². The predicted molar refractivity (Wildman–Crippen MR) is 122 cm³/mol. The van der Waals surface area contributed by atoms with Gasteiger partial charge in [0.25, 0.3) is 0 Å². The Morgan fingerprint density at radius 1 is 0.733 bits per heavy atom. The molecule has 0 aliphatic carbocycles. The summed E-state index contributed by atoms with van der Waals surface area (Å²) in [7, 11) is 0. The number of aliphatic hydroxyl groups excluding tert-OH is 1. The molecule has 7 heteroatoms. The highest BCUT2D eigenvalue weighted by molar-refractivity contribution is 6.36. The summed E-state index contributed by atoms with van der Waals surface area (Å²) in [5, 5.41) is 12.4. The second-order valence-corrected chi connectivity index (χ2v) is 8.31. The Labute approximate surface area is 192 Å². The fourth-order valence-corrected chi connectivity index (χ4v) is 4.20. The molecule has 0 bridgehead atoms. The molecule has 1 N–H and O–H groups in total. The van der Waals surface area contributed by atoms with E-state index in [1.165, 1.54) is 18.2 Å². The lowest BCUT2D eigenvalue weighted by molar-refractivity contribution is -0.131. The molecule has 3 nitrogen and oxygen atoms in total. The molecule has 0 aromatic heterocycles. The van der Waals surface area contributed by atoms with Crippen molar-refractivity contribution in [3.63, 3.8) is 0 Å². The third-order valence-corrected chi connectivity index (χ3v) is 5.28. The highest BCUT2D eigenvalue weighted by Crippen LogP contribution is 2.35. The summed E-state index contributed by atoms with van der Waals surface area (Å²) >= 11 is 24.2. The van der Waals surface area contributed by atoms with Crippen molar-refractivity contribution in [3.05, 3.63) is 103 Å². The van der Waals surface area contributed by atoms with Crippen molar-refractivity contribution in [1.82, 2.24) is 0 Å². The van der Waals surface area contributed by atoms with Crippen molar-refractivity contribution in [3.8, 4) is 11.1 Å². The number of cyclic esters (lactones) is 1. The quantitative estimate of drug-likeness (QED) is 0.391. The summed E-state index contributed by atoms with van der Waals surface area (Å²) in [6.45, 7) is 0. The van der Waals surface area contributed by atoms with Crippen LogP contribution < -0.4 is 0 Å². The number of benzene rings is 3. The van der Waals surface area contributed by atoms with Crippen molar-refractivity contribution in [1.29, 1.82) is 0 Å². The minimum absolute atomic E-state index is 0.00317. The third kappa shape index (κ3) is 4.35. The Kier molecular flexibility index (Phi) is 5.81. The highest BCUT2D eigenvalue weighted by Gasteiger charge is 2.31. The molecule has 3 aromatic carbocycles. The monoisotopic (exact) mass is 476 g/mol. The number of ether oxygens (including phenoxy) is 1. The summed E-state index contributed by atoms with van der Waals surface area (Å²) < 4.78 is 5.28. The molecular formula is C23H12Cl4O3. The molecule has 1 aliphatic rings. The average Bonchev–Trinajstić information content (AvgIpc) is 2.93. The first-order valence-corrected chi connectivity index (χ1v) is 10.2. The van der Waals surface area contributed by atoms with E-state index in [1.807, 2.05) is 24.3 Å². The fraction of sp³-hybridized carbons (Fsp3) is 0. The summed E-state index contributed by atoms with van der Waals surface area (Å²) in [4.78, 5) is 12.4. The zero-order chi connectivity index (χ0) is 21.4. The molecule has 0 fully saturated rings. The number of halogens is 4. The Morgan fingerprint density at radius 2 is 1.30 bits per heavy atom. The first kappa shape index (κ1) is 20.8. The van der Waals surface area contributed by atoms with E-state index >= 15 is 0 Å². The van der Waals surface area contributed by atoms with Gasteiger partial charge < -0.3 is 9.84 Å². The minimum Gasteiger partial charge on any atom is -0.504 e. The van der Waals surface area contributed by atoms with Crippen LogP contribution in [0.5, 0.6) is 0 Å². The lowest BCUT2D eigenvalue weighted by Gasteiger charge is -2.05. The SMILES string of the molecule is O=C1O/C(=C\c2cccc(-c3cc(Cl)cc(Cl)c3)c2)C(O)=C1c1cc(Cl)cc(Cl)c1. The largest absolute Gasteiger partial charge is 0.504 e. The highest BCUT2D eigenvalue weighted by atomic mass is 35.5. The fourth-order valence-electron chi connectivity index (χ4n) is 3.15. The molecule has 0 spiro atoms. The predicted octanol–water partition coefficient (Wildman–Crippen LogP) is 7.83. The average molecular weight is 478 g/mol. The van der Waals surface area contributed by atoms with Crippen molar-refractivity contribution in [2.45, 2.75) is 0 Å². The molecular weight excluding hydrogens is 466 g/mol. The molecule has 3 aromatic rings. The summed E-state index contributed by atoms with van der Waals surface area (Å²) in [5.74, 6) is -0.934. The molecule has 0 amide bonds. The van der Waals surface area contributed by atoms with Gasteiger partial charge in [-0.3, -0.25) is 0 Å². The van der Waals surface area contributed by atoms with Crippen molar-refractivity contribution in [2.24, 2.45) is 0 Å². The molecule has 30 heavy (non-hydrogen) atoms. The molecule has 0 radical (unpaired) electrons. The maximum Gasteiger partial charge on any atom is 0.348 e. The van der Waals surface area contributed by atoms with E-state index < -0.39 is 5.97 Å². The molecule has 0 atom stereocenters. The van der Waals surface area contributed by atoms with Crippen molar-refractivity contribution < 1.29 is 14.6 Å². The maximum absolute atomic E-state index is 12.4. The van der Waals surface area contributed by atoms with E-state index in [-0.39, 0.29) is 17.1 Å². The topological polar surface area (TPSA) is 46.5 Å². The maximum atomic E-state index is 12.4. The van der Waals surface area contributed by atoms with E-state index in [0.29, 0.717) is 31.2 Å². The van der Waals surface area contributed by atoms with Gasteiger partial charge in [-0.25, -0.2) is 4.79 Å². The molecule has 1 aliphatic heterocycles. The number of esters is 1. The number of aliphatic hydroxyl groups is 1. The van der Waals surface area contributed by atoms with Crippen LogP contribution in [0.3, 0.4) is 0 Å². The molecule has 0 saturated carbocycles. The second kappa shape index (κ2) is 8.37. The van der Waals surface area contributed by atoms with Crippen LogP contribution in [0.2, 0.25) is 20.1 Å². The van der Waals surface area contributed by atoms with E-state index in [2.05, 4.69) is 0 Å². The number of hydrogen-bond acceptors (Lipinski definition) is 3. The van der Waals surface area contributed by atoms with Crippen LogP contribution in [0, 0.1) is 0 Å². The van der Waals surface area contributed by atoms with Gasteiger partial charge in [-0.15, -0.1) is 0 Å². The van der Waals surface area contributed by atoms with Crippen LogP contribution in [0.1, 0.15) is 11.1 Å². The van der Waals surface area contributed by atoms with E-state index in [0.717, 1.165) is 11.1 Å². The second-order valence-electron chi connectivity index (χ2n) is 6.56. The molecule has 0 unspecified atom stereocenters. The van der Waals surface area contributed by atoms with Gasteiger partial charge in [0.1, 0.15) is 5.57 Å². The van der Waals surface area contributed by atoms with Gasteiger partial charge in [0.2, 0.25) is 0 Å². The van der Waals surface area contributed by atoms with E-state index in [9.17, 15) is 9.90 Å². The van der Waals surface area contributed by atoms with Crippen LogP contribution in [-0.4, -0.2) is 11.1 Å². The van der Waals surface area contributed by atoms with Gasteiger partial charge in [-0.1, -0.05) is 64.6 Å². The van der Waals surface area contributed by atoms with Crippen LogP contribution in [0.15, 0.2) is 72.2 Å². The zero-order valence-corrected chi connectivity index (χ0v) is 18.2. The molecule has 150 valence electrons. The Morgan fingerprint density at radius 3 is 1.90 bits per heavy atom. The van der Waals surface area contributed by atoms with Gasteiger partial charge in [-0.05, 0) is 70.8 Å². The van der Waals surface area contributed by atoms with Gasteiger partial charge in [0.05, 0.1) is 0 Å². The molecule has 1 heterocycles. The minimum atomic E-state index is -0.685. The van der Waals surface area contributed by atoms with Crippen LogP contribution >= 0.6 is 46.4 Å². The lowest BCUT2D eigenvalue weighted by Crippen LogP contribution is -1.98. The normalized spacial score (nSPS) is 15.1. The lowest BCUT2D eigenvalue weighted by atomic mass is 10.0. The van der Waals surface area contributed by atoms with Crippen molar-refractivity contribution in [2.75, 3.05) is 0 Å². The van der Waals surface area contributed by atoms with Gasteiger partial charge in [0.15, 0.2) is 11.5 Å². The van der Waals surface area contributed by atoms with Crippen LogP contribution in [0.25, 0.3) is 22.8 Å². The van der Waals surface area contributed by atoms with Crippen LogP contribution in [-0.2, 0) is 9.53 Å². The van der Waals surface area contributed by atoms with Crippen molar-refractivity contribution >= 4 is 64.0 Å². The Balaban J connectivity index is 1.73. The summed E-state index contributed by atoms with van der Waals surface area (Å²) in [6.07, 6.45) is 1.57. The first-order valence-electron chi connectivity index (χ1n) is 8.70. The standard InChI is InChI=1S/C23H12Cl4O3/c24-16-6-14(7-17(25)10-16)13-3-1-2-12(4-13)5-20-22(28)21(23(29)30-20)15-8-18(26)11-19(27)9-15/h1-11,28H/b20-5-. The van der Waals surface area contributed by atoms with E-state index in [1.54, 1.807) is 24.3 Å². The summed E-state index contributed by atoms with van der Waals surface area (Å²) in [5.41, 5.74) is 2.79. The van der Waals surface area contributed by atoms with Gasteiger partial charge in [0, 0.05) is 20.1 Å². The number of carbonyl (C=O) groups is 1. The molecule has 0 saturated heterocycles. The zero-order valence-electron chi connectivity index (χ0n) is 15.1. The number of carbonyl (C=O) groups excluding carboxylic acids is 1. The van der Waals surface area contributed by atoms with Gasteiger partial charge >= 0.3 is 5.97 Å².